The van der Waals surface area contributed by atoms with Crippen LogP contribution >= 0.6 is 11.6 Å². The summed E-state index contributed by atoms with van der Waals surface area (Å²) in [4.78, 5) is 25.2. The Bertz CT molecular complexity index is 536. The maximum absolute atomic E-state index is 13.0. The number of nitro groups is 1. The number of halogens is 2. The molecule has 1 aromatic rings. The molecule has 0 radical (unpaired) electrons. The number of benzene rings is 1. The number of nitro benzene ring substituents is 1. The maximum atomic E-state index is 13.0. The fraction of sp³-hybridized carbons (Fsp3) is 0.200. The van der Waals surface area contributed by atoms with Crippen LogP contribution in [0.15, 0.2) is 23.4 Å². The van der Waals surface area contributed by atoms with Gasteiger partial charge in [0.05, 0.1) is 10.6 Å². The highest BCUT2D eigenvalue weighted by Gasteiger charge is 2.15. The largest absolute Gasteiger partial charge is 0.437 e. The van der Waals surface area contributed by atoms with Crippen molar-refractivity contribution in [3.8, 4) is 0 Å². The number of carbonyl (C=O) groups is 1. The molecule has 1 N–H and O–H groups in total. The topological polar surface area (TPSA) is 93.8 Å². The van der Waals surface area contributed by atoms with Gasteiger partial charge in [-0.3, -0.25) is 20.3 Å². The summed E-state index contributed by atoms with van der Waals surface area (Å²) in [6.07, 6.45) is -0.607. The predicted octanol–water partition coefficient (Wildman–Crippen LogP) is 3.24. The number of oxime groups is 1. The standard InChI is InChI=1S/C10H9ClFN3O4/c1-2-9(11)14-19-10(16)13-6-3-4-7(12)8(5-6)15(17)18/h3-5H,2H2,1H3,(H,13,16)/b14-9+. The molecular formula is C10H9ClFN3O4. The van der Waals surface area contributed by atoms with Crippen molar-refractivity contribution in [2.75, 3.05) is 5.32 Å². The van der Waals surface area contributed by atoms with Crippen molar-refractivity contribution in [2.24, 2.45) is 5.16 Å². The lowest BCUT2D eigenvalue weighted by molar-refractivity contribution is -0.387. The average Bonchev–Trinajstić information content (AvgIpc) is 2.37. The molecule has 0 saturated carbocycles. The zero-order chi connectivity index (χ0) is 14.4. The first-order valence-corrected chi connectivity index (χ1v) is 5.46. The lowest BCUT2D eigenvalue weighted by atomic mass is 10.2. The zero-order valence-electron chi connectivity index (χ0n) is 9.72. The molecule has 1 aromatic carbocycles. The molecule has 0 fully saturated rings. The smallest absolute Gasteiger partial charge is 0.297 e. The molecular weight excluding hydrogens is 281 g/mol. The van der Waals surface area contributed by atoms with Crippen LogP contribution in [0.3, 0.4) is 0 Å². The molecule has 9 heteroatoms. The van der Waals surface area contributed by atoms with Gasteiger partial charge in [0, 0.05) is 12.5 Å². The molecule has 0 aromatic heterocycles. The van der Waals surface area contributed by atoms with Crippen molar-refractivity contribution in [2.45, 2.75) is 13.3 Å². The number of hydrogen-bond acceptors (Lipinski definition) is 5. The molecule has 0 saturated heterocycles. The summed E-state index contributed by atoms with van der Waals surface area (Å²) in [6, 6.07) is 2.87. The van der Waals surface area contributed by atoms with E-state index in [1.807, 2.05) is 0 Å². The third-order valence-electron chi connectivity index (χ3n) is 1.91. The molecule has 0 aliphatic heterocycles. The molecule has 1 rings (SSSR count). The predicted molar refractivity (Wildman–Crippen MR) is 66.7 cm³/mol. The number of nitrogens with zero attached hydrogens (tertiary/aromatic N) is 2. The van der Waals surface area contributed by atoms with Gasteiger partial charge in [-0.15, -0.1) is 0 Å². The van der Waals surface area contributed by atoms with Gasteiger partial charge in [-0.2, -0.15) is 4.39 Å². The zero-order valence-corrected chi connectivity index (χ0v) is 10.5. The Hall–Kier alpha value is -2.22. The van der Waals surface area contributed by atoms with Crippen LogP contribution in [-0.4, -0.2) is 16.2 Å². The Labute approximate surface area is 112 Å². The van der Waals surface area contributed by atoms with Crippen LogP contribution in [0.2, 0.25) is 0 Å². The SMILES string of the molecule is CC/C(Cl)=N\OC(=O)Nc1ccc(F)c([N+](=O)[O-])c1. The minimum absolute atomic E-state index is 0.000853. The fourth-order valence-electron chi connectivity index (χ4n) is 1.03. The van der Waals surface area contributed by atoms with Crippen LogP contribution in [0.4, 0.5) is 20.6 Å². The monoisotopic (exact) mass is 289 g/mol. The minimum atomic E-state index is -1.00. The van der Waals surface area contributed by atoms with Crippen LogP contribution in [0.5, 0.6) is 0 Å². The van der Waals surface area contributed by atoms with Crippen LogP contribution in [0, 0.1) is 15.9 Å². The van der Waals surface area contributed by atoms with Gasteiger partial charge in [-0.05, 0) is 12.1 Å². The summed E-state index contributed by atoms with van der Waals surface area (Å²) in [5.74, 6) is -1.00. The molecule has 0 heterocycles. The Morgan fingerprint density at radius 2 is 2.32 bits per heavy atom. The van der Waals surface area contributed by atoms with Crippen molar-refractivity contribution < 1.29 is 18.9 Å². The highest BCUT2D eigenvalue weighted by molar-refractivity contribution is 6.65. The molecule has 0 aliphatic carbocycles. The van der Waals surface area contributed by atoms with E-state index in [2.05, 4.69) is 15.3 Å². The third-order valence-corrected chi connectivity index (χ3v) is 2.24. The first-order chi connectivity index (χ1) is 8.93. The highest BCUT2D eigenvalue weighted by Crippen LogP contribution is 2.21. The number of carbonyl (C=O) groups excluding carboxylic acids is 1. The third kappa shape index (κ3) is 4.51. The number of anilines is 1. The van der Waals surface area contributed by atoms with Gasteiger partial charge < -0.3 is 0 Å². The van der Waals surface area contributed by atoms with Gasteiger partial charge in [0.2, 0.25) is 5.82 Å². The van der Waals surface area contributed by atoms with Crippen LogP contribution in [0.25, 0.3) is 0 Å². The molecule has 7 nitrogen and oxygen atoms in total. The molecule has 1 amide bonds. The Morgan fingerprint density at radius 1 is 1.63 bits per heavy atom. The maximum Gasteiger partial charge on any atom is 0.437 e. The van der Waals surface area contributed by atoms with E-state index in [-0.39, 0.29) is 10.9 Å². The molecule has 0 unspecified atom stereocenters. The van der Waals surface area contributed by atoms with Crippen molar-refractivity contribution in [3.05, 3.63) is 34.1 Å². The van der Waals surface area contributed by atoms with E-state index >= 15 is 0 Å². The second kappa shape index (κ2) is 6.64. The van der Waals surface area contributed by atoms with Crippen LogP contribution in [-0.2, 0) is 4.84 Å². The molecule has 0 atom stereocenters. The van der Waals surface area contributed by atoms with Gasteiger partial charge in [-0.25, -0.2) is 4.79 Å². The summed E-state index contributed by atoms with van der Waals surface area (Å²) >= 11 is 5.51. The van der Waals surface area contributed by atoms with E-state index < -0.39 is 22.5 Å². The van der Waals surface area contributed by atoms with E-state index in [9.17, 15) is 19.3 Å². The van der Waals surface area contributed by atoms with E-state index in [0.29, 0.717) is 6.42 Å². The molecule has 0 spiro atoms. The number of amides is 1. The van der Waals surface area contributed by atoms with Gasteiger partial charge in [0.25, 0.3) is 0 Å². The summed E-state index contributed by atoms with van der Waals surface area (Å²) in [5.41, 5.74) is -0.756. The molecule has 102 valence electrons. The quantitative estimate of drug-likeness (QED) is 0.398. The lowest BCUT2D eigenvalue weighted by Gasteiger charge is -2.03. The fourth-order valence-corrected chi connectivity index (χ4v) is 1.06. The summed E-state index contributed by atoms with van der Waals surface area (Å²) in [7, 11) is 0. The first-order valence-electron chi connectivity index (χ1n) is 5.08. The van der Waals surface area contributed by atoms with Gasteiger partial charge >= 0.3 is 11.8 Å². The lowest BCUT2D eigenvalue weighted by Crippen LogP contribution is -2.11. The van der Waals surface area contributed by atoms with E-state index in [1.54, 1.807) is 6.92 Å². The van der Waals surface area contributed by atoms with Crippen LogP contribution in [0.1, 0.15) is 13.3 Å². The van der Waals surface area contributed by atoms with Crippen LogP contribution < -0.4 is 5.32 Å². The molecule has 0 aliphatic rings. The Balaban J connectivity index is 2.75. The molecule has 19 heavy (non-hydrogen) atoms. The van der Waals surface area contributed by atoms with E-state index in [4.69, 9.17) is 11.6 Å². The van der Waals surface area contributed by atoms with Gasteiger partial charge in [-0.1, -0.05) is 23.7 Å². The van der Waals surface area contributed by atoms with Crippen molar-refractivity contribution in [3.63, 3.8) is 0 Å². The average molecular weight is 290 g/mol. The van der Waals surface area contributed by atoms with E-state index in [1.165, 1.54) is 0 Å². The van der Waals surface area contributed by atoms with Crippen molar-refractivity contribution in [1.82, 2.24) is 0 Å². The number of hydrogen-bond donors (Lipinski definition) is 1. The second-order valence-electron chi connectivity index (χ2n) is 3.25. The summed E-state index contributed by atoms with van der Waals surface area (Å²) < 4.78 is 13.0. The van der Waals surface area contributed by atoms with Crippen molar-refractivity contribution >= 4 is 34.2 Å². The number of nitrogens with one attached hydrogen (secondary N) is 1. The van der Waals surface area contributed by atoms with E-state index in [0.717, 1.165) is 18.2 Å². The van der Waals surface area contributed by atoms with Gasteiger partial charge in [0.1, 0.15) is 5.17 Å². The Kier molecular flexibility index (Phi) is 5.19. The van der Waals surface area contributed by atoms with Crippen molar-refractivity contribution in [1.29, 1.82) is 0 Å². The summed E-state index contributed by atoms with van der Waals surface area (Å²) in [6.45, 7) is 1.70. The number of rotatable bonds is 4. The first kappa shape index (κ1) is 14.8. The normalized spacial score (nSPS) is 11.0. The highest BCUT2D eigenvalue weighted by atomic mass is 35.5. The second-order valence-corrected chi connectivity index (χ2v) is 3.68. The minimum Gasteiger partial charge on any atom is -0.297 e. The molecule has 0 bridgehead atoms. The Morgan fingerprint density at radius 3 is 2.89 bits per heavy atom. The summed E-state index contributed by atoms with van der Waals surface area (Å²) in [5, 5.41) is 16.0. The van der Waals surface area contributed by atoms with Gasteiger partial charge in [0.15, 0.2) is 0 Å².